The van der Waals surface area contributed by atoms with E-state index in [-0.39, 0.29) is 0 Å². The highest BCUT2D eigenvalue weighted by molar-refractivity contribution is 9.10. The average Bonchev–Trinajstić information content (AvgIpc) is 2.21. The molecule has 0 fully saturated rings. The number of hydrogen-bond donors (Lipinski definition) is 0. The fraction of sp³-hybridized carbons (Fsp3) is 0.429. The molecule has 1 heteroatoms. The van der Waals surface area contributed by atoms with Gasteiger partial charge in [0.2, 0.25) is 0 Å². The van der Waals surface area contributed by atoms with E-state index >= 15 is 0 Å². The molecule has 0 amide bonds. The van der Waals surface area contributed by atoms with Crippen LogP contribution in [-0.4, -0.2) is 0 Å². The van der Waals surface area contributed by atoms with Crippen LogP contribution in [0.5, 0.6) is 0 Å². The lowest BCUT2D eigenvalue weighted by molar-refractivity contribution is 0.606. The zero-order valence-corrected chi connectivity index (χ0v) is 11.4. The summed E-state index contributed by atoms with van der Waals surface area (Å²) in [6.45, 7) is 8.48. The Bertz CT molecular complexity index is 396. The molecule has 0 N–H and O–H groups in total. The first kappa shape index (κ1) is 12.3. The molecular weight excluding hydrogens is 248 g/mol. The molecule has 2 atom stereocenters. The highest BCUT2D eigenvalue weighted by Crippen LogP contribution is 2.30. The van der Waals surface area contributed by atoms with E-state index in [0.29, 0.717) is 11.8 Å². The molecule has 0 nitrogen and oxygen atoms in total. The Morgan fingerprint density at radius 1 is 1.27 bits per heavy atom. The van der Waals surface area contributed by atoms with E-state index in [0.717, 1.165) is 0 Å². The van der Waals surface area contributed by atoms with Crippen molar-refractivity contribution in [3.63, 3.8) is 0 Å². The first-order valence-corrected chi connectivity index (χ1v) is 6.04. The Balaban J connectivity index is 3.04. The van der Waals surface area contributed by atoms with Gasteiger partial charge in [0.15, 0.2) is 0 Å². The van der Waals surface area contributed by atoms with Crippen molar-refractivity contribution in [2.24, 2.45) is 5.92 Å². The lowest BCUT2D eigenvalue weighted by atomic mass is 9.87. The number of hydrogen-bond acceptors (Lipinski definition) is 0. The zero-order chi connectivity index (χ0) is 11.4. The van der Waals surface area contributed by atoms with Crippen LogP contribution in [0.1, 0.15) is 37.8 Å². The fourth-order valence-electron chi connectivity index (χ4n) is 1.74. The lowest BCUT2D eigenvalue weighted by Crippen LogP contribution is -2.06. The fourth-order valence-corrected chi connectivity index (χ4v) is 2.12. The van der Waals surface area contributed by atoms with Gasteiger partial charge in [0, 0.05) is 10.4 Å². The van der Waals surface area contributed by atoms with Gasteiger partial charge in [0.05, 0.1) is 0 Å². The third kappa shape index (κ3) is 2.86. The molecule has 0 aromatic heterocycles. The summed E-state index contributed by atoms with van der Waals surface area (Å²) in [5, 5.41) is 0. The van der Waals surface area contributed by atoms with Crippen LogP contribution in [0.25, 0.3) is 0 Å². The quantitative estimate of drug-likeness (QED) is 0.689. The molecule has 15 heavy (non-hydrogen) atoms. The maximum Gasteiger partial charge on any atom is 0.0240 e. The second-order valence-corrected chi connectivity index (χ2v) is 4.78. The lowest BCUT2D eigenvalue weighted by Gasteiger charge is -2.18. The van der Waals surface area contributed by atoms with E-state index in [1.54, 1.807) is 0 Å². The highest BCUT2D eigenvalue weighted by atomic mass is 79.9. The van der Waals surface area contributed by atoms with Gasteiger partial charge in [-0.3, -0.25) is 0 Å². The monoisotopic (exact) mass is 264 g/mol. The van der Waals surface area contributed by atoms with Gasteiger partial charge in [-0.05, 0) is 37.0 Å². The van der Waals surface area contributed by atoms with Crippen LogP contribution in [0.15, 0.2) is 22.7 Å². The van der Waals surface area contributed by atoms with Crippen LogP contribution in [0.3, 0.4) is 0 Å². The van der Waals surface area contributed by atoms with Gasteiger partial charge >= 0.3 is 0 Å². The summed E-state index contributed by atoms with van der Waals surface area (Å²) < 4.78 is 1.18. The van der Waals surface area contributed by atoms with Gasteiger partial charge in [-0.25, -0.2) is 0 Å². The van der Waals surface area contributed by atoms with E-state index in [1.807, 2.05) is 6.92 Å². The van der Waals surface area contributed by atoms with E-state index in [1.165, 1.54) is 15.6 Å². The largest absolute Gasteiger partial charge is 0.106 e. The Morgan fingerprint density at radius 3 is 2.53 bits per heavy atom. The molecule has 0 aliphatic rings. The van der Waals surface area contributed by atoms with Gasteiger partial charge in [-0.1, -0.05) is 47.8 Å². The van der Waals surface area contributed by atoms with Gasteiger partial charge in [0.1, 0.15) is 0 Å². The van der Waals surface area contributed by atoms with E-state index in [2.05, 4.69) is 66.7 Å². The van der Waals surface area contributed by atoms with Crippen LogP contribution in [-0.2, 0) is 0 Å². The van der Waals surface area contributed by atoms with Crippen molar-refractivity contribution in [2.45, 2.75) is 33.6 Å². The first-order chi connectivity index (χ1) is 7.07. The van der Waals surface area contributed by atoms with Crippen LogP contribution in [0.4, 0.5) is 0 Å². The van der Waals surface area contributed by atoms with Crippen LogP contribution in [0.2, 0.25) is 0 Å². The van der Waals surface area contributed by atoms with E-state index in [9.17, 15) is 0 Å². The third-order valence-electron chi connectivity index (χ3n) is 2.92. The van der Waals surface area contributed by atoms with Crippen molar-refractivity contribution in [1.29, 1.82) is 0 Å². The zero-order valence-electron chi connectivity index (χ0n) is 9.76. The minimum Gasteiger partial charge on any atom is -0.106 e. The van der Waals surface area contributed by atoms with E-state index in [4.69, 9.17) is 0 Å². The second kappa shape index (κ2) is 5.37. The Labute approximate surface area is 101 Å². The minimum absolute atomic E-state index is 0.406. The minimum atomic E-state index is 0.406. The molecule has 1 rings (SSSR count). The van der Waals surface area contributed by atoms with Gasteiger partial charge in [-0.2, -0.15) is 0 Å². The highest BCUT2D eigenvalue weighted by Gasteiger charge is 2.14. The van der Waals surface area contributed by atoms with Gasteiger partial charge in [0.25, 0.3) is 0 Å². The summed E-state index contributed by atoms with van der Waals surface area (Å²) in [5.74, 6) is 7.10. The predicted molar refractivity (Wildman–Crippen MR) is 69.9 cm³/mol. The standard InChI is InChI=1S/C14H17Br/c1-5-7-10(2)11(3)13-8-6-9-14(15)12(13)4/h6,8-11H,1-4H3. The predicted octanol–water partition coefficient (Wildman–Crippen LogP) is 4.52. The average molecular weight is 265 g/mol. The Kier molecular flexibility index (Phi) is 4.42. The number of rotatable bonds is 2. The summed E-state index contributed by atoms with van der Waals surface area (Å²) in [7, 11) is 0. The van der Waals surface area contributed by atoms with E-state index < -0.39 is 0 Å². The van der Waals surface area contributed by atoms with Gasteiger partial charge < -0.3 is 0 Å². The van der Waals surface area contributed by atoms with Crippen molar-refractivity contribution in [2.75, 3.05) is 0 Å². The summed E-state index contributed by atoms with van der Waals surface area (Å²) in [6.07, 6.45) is 0. The smallest absolute Gasteiger partial charge is 0.0240 e. The summed E-state index contributed by atoms with van der Waals surface area (Å²) in [4.78, 5) is 0. The maximum absolute atomic E-state index is 3.57. The summed E-state index contributed by atoms with van der Waals surface area (Å²) in [5.41, 5.74) is 2.72. The summed E-state index contributed by atoms with van der Waals surface area (Å²) in [6, 6.07) is 6.37. The number of halogens is 1. The number of benzene rings is 1. The molecule has 1 aromatic carbocycles. The maximum atomic E-state index is 3.57. The molecule has 80 valence electrons. The normalized spacial score (nSPS) is 13.9. The first-order valence-electron chi connectivity index (χ1n) is 5.25. The molecule has 1 aromatic rings. The Hall–Kier alpha value is -0.740. The topological polar surface area (TPSA) is 0 Å². The van der Waals surface area contributed by atoms with Crippen molar-refractivity contribution in [1.82, 2.24) is 0 Å². The molecule has 0 saturated carbocycles. The molecule has 0 aliphatic heterocycles. The van der Waals surface area contributed by atoms with Crippen LogP contribution < -0.4 is 0 Å². The van der Waals surface area contributed by atoms with Gasteiger partial charge in [-0.15, -0.1) is 5.92 Å². The SMILES string of the molecule is CC#CC(C)C(C)c1cccc(Br)c1C. The molecule has 0 radical (unpaired) electrons. The second-order valence-electron chi connectivity index (χ2n) is 3.93. The van der Waals surface area contributed by atoms with Crippen molar-refractivity contribution in [3.8, 4) is 11.8 Å². The van der Waals surface area contributed by atoms with Crippen LogP contribution in [0, 0.1) is 24.7 Å². The molecule has 0 spiro atoms. The van der Waals surface area contributed by atoms with Crippen molar-refractivity contribution >= 4 is 15.9 Å². The molecular formula is C14H17Br. The molecule has 2 unspecified atom stereocenters. The van der Waals surface area contributed by atoms with Crippen molar-refractivity contribution in [3.05, 3.63) is 33.8 Å². The summed E-state index contributed by atoms with van der Waals surface area (Å²) >= 11 is 3.57. The third-order valence-corrected chi connectivity index (χ3v) is 3.78. The van der Waals surface area contributed by atoms with Crippen molar-refractivity contribution < 1.29 is 0 Å². The Morgan fingerprint density at radius 2 is 1.93 bits per heavy atom. The molecule has 0 bridgehead atoms. The van der Waals surface area contributed by atoms with Crippen LogP contribution >= 0.6 is 15.9 Å². The molecule has 0 aliphatic carbocycles. The molecule has 0 saturated heterocycles. The molecule has 0 heterocycles.